The van der Waals surface area contributed by atoms with E-state index in [0.717, 1.165) is 33.5 Å². The van der Waals surface area contributed by atoms with E-state index in [1.54, 1.807) is 7.11 Å². The number of methoxy groups -OCH3 is 1. The molecule has 0 atom stereocenters. The summed E-state index contributed by atoms with van der Waals surface area (Å²) < 4.78 is 5.03. The van der Waals surface area contributed by atoms with Crippen molar-refractivity contribution in [2.45, 2.75) is 32.1 Å². The largest absolute Gasteiger partial charge is 0.481 e. The van der Waals surface area contributed by atoms with Crippen LogP contribution < -0.4 is 0 Å². The summed E-state index contributed by atoms with van der Waals surface area (Å²) in [6.45, 7) is 2.53. The van der Waals surface area contributed by atoms with Gasteiger partial charge < -0.3 is 9.84 Å². The summed E-state index contributed by atoms with van der Waals surface area (Å²) in [5.41, 5.74) is 0.770. The number of rotatable bonds is 8. The molecule has 0 aliphatic rings. The molecule has 0 bridgehead atoms. The van der Waals surface area contributed by atoms with Crippen LogP contribution in [0.4, 0.5) is 0 Å². The number of carboxylic acid groups (broad SMARTS) is 1. The predicted octanol–water partition coefficient (Wildman–Crippen LogP) is 2.56. The van der Waals surface area contributed by atoms with Crippen molar-refractivity contribution < 1.29 is 14.6 Å². The lowest BCUT2D eigenvalue weighted by atomic mass is 10.3. The molecule has 0 aromatic carbocycles. The van der Waals surface area contributed by atoms with Crippen molar-refractivity contribution in [2.75, 3.05) is 12.9 Å². The Morgan fingerprint density at radius 1 is 1.59 bits per heavy atom. The first-order valence-corrected chi connectivity index (χ1v) is 7.40. The summed E-state index contributed by atoms with van der Waals surface area (Å²) in [6.07, 6.45) is 1.18. The van der Waals surface area contributed by atoms with Gasteiger partial charge in [-0.25, -0.2) is 4.98 Å². The van der Waals surface area contributed by atoms with E-state index >= 15 is 0 Å². The van der Waals surface area contributed by atoms with Crippen molar-refractivity contribution in [1.29, 1.82) is 0 Å². The maximum Gasteiger partial charge on any atom is 0.308 e. The van der Waals surface area contributed by atoms with Crippen LogP contribution in [0.2, 0.25) is 0 Å². The first-order chi connectivity index (χ1) is 8.17. The predicted molar refractivity (Wildman–Crippen MR) is 70.6 cm³/mol. The monoisotopic (exact) mass is 275 g/mol. The minimum atomic E-state index is -0.821. The van der Waals surface area contributed by atoms with E-state index < -0.39 is 5.97 Å². The summed E-state index contributed by atoms with van der Waals surface area (Å²) in [6, 6.07) is 0. The van der Waals surface area contributed by atoms with E-state index in [0.29, 0.717) is 6.61 Å². The van der Waals surface area contributed by atoms with Gasteiger partial charge in [-0.15, -0.1) is 11.3 Å². The quantitative estimate of drug-likeness (QED) is 0.739. The van der Waals surface area contributed by atoms with Crippen LogP contribution in [0, 0.1) is 0 Å². The molecule has 1 rings (SSSR count). The molecule has 17 heavy (non-hydrogen) atoms. The third-order valence-electron chi connectivity index (χ3n) is 1.99. The molecule has 1 aromatic rings. The standard InChI is InChI=1S/C11H17NO3S2/c1-3-4-16-7-10-12-8(6-15-2)9(17-10)5-11(13)14/h3-7H2,1-2H3,(H,13,14). The minimum Gasteiger partial charge on any atom is -0.481 e. The number of ether oxygens (including phenoxy) is 1. The van der Waals surface area contributed by atoms with Crippen LogP contribution in [-0.2, 0) is 28.3 Å². The molecule has 0 saturated heterocycles. The highest BCUT2D eigenvalue weighted by Crippen LogP contribution is 2.24. The number of nitrogens with zero attached hydrogens (tertiary/aromatic N) is 1. The molecule has 1 N–H and O–H groups in total. The van der Waals surface area contributed by atoms with Gasteiger partial charge in [0.25, 0.3) is 0 Å². The van der Waals surface area contributed by atoms with Gasteiger partial charge >= 0.3 is 5.97 Å². The summed E-state index contributed by atoms with van der Waals surface area (Å²) in [5.74, 6) is 1.14. The zero-order valence-electron chi connectivity index (χ0n) is 10.1. The maximum atomic E-state index is 10.7. The second-order valence-corrected chi connectivity index (χ2v) is 5.81. The third kappa shape index (κ3) is 5.06. The highest BCUT2D eigenvalue weighted by Gasteiger charge is 2.13. The van der Waals surface area contributed by atoms with Crippen LogP contribution in [-0.4, -0.2) is 28.9 Å². The SMILES string of the molecule is CCCSCc1nc(COC)c(CC(=O)O)s1. The van der Waals surface area contributed by atoms with Gasteiger partial charge in [-0.05, 0) is 12.2 Å². The molecule has 4 nitrogen and oxygen atoms in total. The molecular weight excluding hydrogens is 258 g/mol. The molecule has 0 radical (unpaired) electrons. The van der Waals surface area contributed by atoms with Crippen molar-refractivity contribution >= 4 is 29.1 Å². The highest BCUT2D eigenvalue weighted by molar-refractivity contribution is 7.98. The van der Waals surface area contributed by atoms with Crippen molar-refractivity contribution in [3.05, 3.63) is 15.6 Å². The van der Waals surface area contributed by atoms with Crippen LogP contribution in [0.25, 0.3) is 0 Å². The molecular formula is C11H17NO3S2. The normalized spacial score (nSPS) is 10.7. The van der Waals surface area contributed by atoms with Crippen LogP contribution >= 0.6 is 23.1 Å². The fourth-order valence-corrected chi connectivity index (χ4v) is 3.34. The van der Waals surface area contributed by atoms with Crippen molar-refractivity contribution in [3.8, 4) is 0 Å². The summed E-state index contributed by atoms with van der Waals surface area (Å²) in [5, 5.41) is 9.81. The maximum absolute atomic E-state index is 10.7. The Morgan fingerprint density at radius 3 is 2.94 bits per heavy atom. The molecule has 96 valence electrons. The van der Waals surface area contributed by atoms with E-state index in [2.05, 4.69) is 11.9 Å². The van der Waals surface area contributed by atoms with Crippen LogP contribution in [0.15, 0.2) is 0 Å². The number of thioether (sulfide) groups is 1. The minimum absolute atomic E-state index is 0.0365. The van der Waals surface area contributed by atoms with E-state index in [4.69, 9.17) is 9.84 Å². The van der Waals surface area contributed by atoms with E-state index in [-0.39, 0.29) is 6.42 Å². The molecule has 1 heterocycles. The number of hydrogen-bond acceptors (Lipinski definition) is 5. The Morgan fingerprint density at radius 2 is 2.35 bits per heavy atom. The first-order valence-electron chi connectivity index (χ1n) is 5.43. The van der Waals surface area contributed by atoms with Gasteiger partial charge in [0.05, 0.1) is 18.7 Å². The average molecular weight is 275 g/mol. The topological polar surface area (TPSA) is 59.4 Å². The number of carbonyl (C=O) groups is 1. The molecule has 0 fully saturated rings. The van der Waals surface area contributed by atoms with Crippen molar-refractivity contribution in [1.82, 2.24) is 4.98 Å². The lowest BCUT2D eigenvalue weighted by molar-refractivity contribution is -0.136. The smallest absolute Gasteiger partial charge is 0.308 e. The molecule has 6 heteroatoms. The zero-order chi connectivity index (χ0) is 12.7. The van der Waals surface area contributed by atoms with Gasteiger partial charge in [0.2, 0.25) is 0 Å². The Bertz CT molecular complexity index is 366. The molecule has 0 saturated carbocycles. The fourth-order valence-electron chi connectivity index (χ4n) is 1.33. The van der Waals surface area contributed by atoms with E-state index in [1.807, 2.05) is 11.8 Å². The number of aromatic nitrogens is 1. The Labute approximate surface area is 109 Å². The fraction of sp³-hybridized carbons (Fsp3) is 0.636. The number of hydrogen-bond donors (Lipinski definition) is 1. The molecule has 0 spiro atoms. The second-order valence-electron chi connectivity index (χ2n) is 3.53. The van der Waals surface area contributed by atoms with E-state index in [1.165, 1.54) is 11.3 Å². The Balaban J connectivity index is 2.69. The zero-order valence-corrected chi connectivity index (χ0v) is 11.7. The summed E-state index contributed by atoms with van der Waals surface area (Å²) >= 11 is 3.31. The van der Waals surface area contributed by atoms with Crippen LogP contribution in [0.5, 0.6) is 0 Å². The molecule has 0 amide bonds. The van der Waals surface area contributed by atoms with Gasteiger partial charge in [-0.3, -0.25) is 4.79 Å². The third-order valence-corrected chi connectivity index (χ3v) is 4.44. The summed E-state index contributed by atoms with van der Waals surface area (Å²) in [7, 11) is 1.59. The molecule has 0 aliphatic carbocycles. The lowest BCUT2D eigenvalue weighted by Gasteiger charge is -1.96. The van der Waals surface area contributed by atoms with Crippen molar-refractivity contribution in [3.63, 3.8) is 0 Å². The van der Waals surface area contributed by atoms with Crippen LogP contribution in [0.1, 0.15) is 28.9 Å². The number of thiazole rings is 1. The Hall–Kier alpha value is -0.590. The Kier molecular flexibility index (Phi) is 6.54. The van der Waals surface area contributed by atoms with Crippen molar-refractivity contribution in [2.24, 2.45) is 0 Å². The van der Waals surface area contributed by atoms with Gasteiger partial charge in [-0.1, -0.05) is 6.92 Å². The second kappa shape index (κ2) is 7.68. The summed E-state index contributed by atoms with van der Waals surface area (Å²) in [4.78, 5) is 16.0. The van der Waals surface area contributed by atoms with Crippen LogP contribution in [0.3, 0.4) is 0 Å². The average Bonchev–Trinajstić information content (AvgIpc) is 2.61. The first kappa shape index (κ1) is 14.5. The van der Waals surface area contributed by atoms with Gasteiger partial charge in [-0.2, -0.15) is 11.8 Å². The molecule has 0 aliphatic heterocycles. The lowest BCUT2D eigenvalue weighted by Crippen LogP contribution is -2.01. The number of aliphatic carboxylic acids is 1. The van der Waals surface area contributed by atoms with Gasteiger partial charge in [0, 0.05) is 17.7 Å². The number of carboxylic acids is 1. The molecule has 0 unspecified atom stereocenters. The highest BCUT2D eigenvalue weighted by atomic mass is 32.2. The molecule has 1 aromatic heterocycles. The van der Waals surface area contributed by atoms with Gasteiger partial charge in [0.1, 0.15) is 5.01 Å². The van der Waals surface area contributed by atoms with Gasteiger partial charge in [0.15, 0.2) is 0 Å². The van der Waals surface area contributed by atoms with E-state index in [9.17, 15) is 4.79 Å².